The van der Waals surface area contributed by atoms with Gasteiger partial charge in [0.2, 0.25) is 0 Å². The largest absolute Gasteiger partial charge is 0.497 e. The van der Waals surface area contributed by atoms with Crippen molar-refractivity contribution in [3.63, 3.8) is 0 Å². The van der Waals surface area contributed by atoms with Crippen LogP contribution in [0.2, 0.25) is 0 Å². The molecule has 1 aliphatic rings. The number of methoxy groups -OCH3 is 1. The molecular formula is C17H23N2O16P3S. The number of benzene rings is 1. The van der Waals surface area contributed by atoms with Crippen molar-refractivity contribution >= 4 is 35.2 Å². The smallest absolute Gasteiger partial charge is 0.490 e. The Morgan fingerprint density at radius 1 is 0.974 bits per heavy atom. The number of aromatic amines is 1. The molecule has 22 heteroatoms. The summed E-state index contributed by atoms with van der Waals surface area (Å²) in [5, 5.41) is 20.8. The van der Waals surface area contributed by atoms with Gasteiger partial charge in [-0.15, -0.1) is 0 Å². The number of hydrogen-bond donors (Lipinski definition) is 6. The molecular weight excluding hydrogens is 613 g/mol. The van der Waals surface area contributed by atoms with Crippen LogP contribution in [0.15, 0.2) is 49.8 Å². The van der Waals surface area contributed by atoms with Crippen LogP contribution in [0.4, 0.5) is 0 Å². The van der Waals surface area contributed by atoms with E-state index in [0.717, 1.165) is 22.5 Å². The van der Waals surface area contributed by atoms with E-state index < -0.39 is 65.9 Å². The Labute approximate surface area is 222 Å². The van der Waals surface area contributed by atoms with Crippen LogP contribution in [0.5, 0.6) is 5.75 Å². The van der Waals surface area contributed by atoms with Crippen LogP contribution in [-0.4, -0.2) is 73.6 Å². The van der Waals surface area contributed by atoms with Crippen molar-refractivity contribution in [2.24, 2.45) is 0 Å². The summed E-state index contributed by atoms with van der Waals surface area (Å²) in [5.74, 6) is 0.568. The highest BCUT2D eigenvalue weighted by Crippen LogP contribution is 2.67. The summed E-state index contributed by atoms with van der Waals surface area (Å²) in [6, 6.07) is 6.58. The van der Waals surface area contributed by atoms with Crippen LogP contribution in [0, 0.1) is 0 Å². The fraction of sp³-hybridized carbons (Fsp3) is 0.412. The van der Waals surface area contributed by atoms with E-state index in [9.17, 15) is 43.3 Å². The Bertz CT molecular complexity index is 1430. The third-order valence-electron chi connectivity index (χ3n) is 4.88. The van der Waals surface area contributed by atoms with Gasteiger partial charge >= 0.3 is 29.2 Å². The summed E-state index contributed by atoms with van der Waals surface area (Å²) in [6.45, 7) is -1.05. The summed E-state index contributed by atoms with van der Waals surface area (Å²) in [5.41, 5.74) is -1.77. The number of aliphatic hydroxyl groups excluding tert-OH is 2. The number of ether oxygens (including phenoxy) is 2. The van der Waals surface area contributed by atoms with E-state index in [1.165, 1.54) is 7.11 Å². The third-order valence-corrected chi connectivity index (χ3v) is 10.1. The van der Waals surface area contributed by atoms with E-state index >= 15 is 0 Å². The molecule has 0 bridgehead atoms. The molecule has 18 nitrogen and oxygen atoms in total. The maximum atomic E-state index is 12.4. The Morgan fingerprint density at radius 3 is 2.18 bits per heavy atom. The highest BCUT2D eigenvalue weighted by Gasteiger charge is 2.47. The normalized spacial score (nSPS) is 25.9. The van der Waals surface area contributed by atoms with Gasteiger partial charge in [0.05, 0.1) is 18.6 Å². The van der Waals surface area contributed by atoms with Crippen LogP contribution < -0.4 is 16.0 Å². The summed E-state index contributed by atoms with van der Waals surface area (Å²) in [7, 11) is -14.2. The lowest BCUT2D eigenvalue weighted by Gasteiger charge is -2.19. The molecule has 0 aliphatic carbocycles. The summed E-state index contributed by atoms with van der Waals surface area (Å²) >= 11 is 0.964. The molecule has 1 saturated heterocycles. The van der Waals surface area contributed by atoms with Gasteiger partial charge in [-0.05, 0) is 24.3 Å². The molecule has 1 aromatic carbocycles. The monoisotopic (exact) mass is 636 g/mol. The predicted molar refractivity (Wildman–Crippen MR) is 129 cm³/mol. The Hall–Kier alpha value is -1.66. The van der Waals surface area contributed by atoms with E-state index in [1.54, 1.807) is 24.3 Å². The second kappa shape index (κ2) is 12.5. The minimum Gasteiger partial charge on any atom is -0.497 e. The SMILES string of the molecule is COc1ccc(Sc2cn([C@@H]3O[C@H](COP(=O)(O)OP(=O)(O)OP(=O)(O)OC)[C@@H](O)[C@H]3O)c(=O)[nH]c2=O)cc1. The topological polar surface area (TPSA) is 263 Å². The standard InChI is InChI=1S/C17H23N2O16P3S/c1-30-9-3-5-10(6-4-9)39-12-7-19(17(23)18-15(12)22)16-14(21)13(20)11(33-16)8-32-37(26,27)35-38(28,29)34-36(24,25)31-2/h3-7,11,13-14,16,20-21H,8H2,1-2H3,(H,24,25)(H,26,27)(H,28,29)(H,18,22,23)/t11-,13-,14-,16-/m1/s1. The molecule has 0 radical (unpaired) electrons. The Morgan fingerprint density at radius 2 is 1.59 bits per heavy atom. The maximum absolute atomic E-state index is 12.4. The highest BCUT2D eigenvalue weighted by molar-refractivity contribution is 7.99. The van der Waals surface area contributed by atoms with Gasteiger partial charge in [0.1, 0.15) is 24.1 Å². The van der Waals surface area contributed by atoms with E-state index in [0.29, 0.717) is 17.8 Å². The molecule has 218 valence electrons. The molecule has 7 atom stereocenters. The molecule has 39 heavy (non-hydrogen) atoms. The maximum Gasteiger partial charge on any atom is 0.490 e. The van der Waals surface area contributed by atoms with Gasteiger partial charge in [-0.2, -0.15) is 8.62 Å². The van der Waals surface area contributed by atoms with Gasteiger partial charge in [0, 0.05) is 18.2 Å². The quantitative estimate of drug-likeness (QED) is 0.171. The van der Waals surface area contributed by atoms with Gasteiger partial charge in [0.25, 0.3) is 5.56 Å². The summed E-state index contributed by atoms with van der Waals surface area (Å²) in [4.78, 5) is 55.6. The Balaban J connectivity index is 1.73. The van der Waals surface area contributed by atoms with E-state index in [-0.39, 0.29) is 4.90 Å². The number of aromatic nitrogens is 2. The first-order chi connectivity index (χ1) is 18.1. The number of rotatable bonds is 12. The van der Waals surface area contributed by atoms with E-state index in [2.05, 4.69) is 22.7 Å². The predicted octanol–water partition coefficient (Wildman–Crippen LogP) is 0.313. The van der Waals surface area contributed by atoms with Gasteiger partial charge in [-0.3, -0.25) is 23.4 Å². The molecule has 1 aliphatic heterocycles. The van der Waals surface area contributed by atoms with Gasteiger partial charge < -0.3 is 34.4 Å². The zero-order valence-corrected chi connectivity index (χ0v) is 23.3. The minimum atomic E-state index is -5.67. The van der Waals surface area contributed by atoms with Crippen molar-refractivity contribution < 1.29 is 65.7 Å². The molecule has 1 aromatic heterocycles. The van der Waals surface area contributed by atoms with Gasteiger partial charge in [0.15, 0.2) is 6.23 Å². The van der Waals surface area contributed by atoms with E-state index in [4.69, 9.17) is 14.4 Å². The molecule has 0 amide bonds. The molecule has 6 N–H and O–H groups in total. The number of phosphoric ester groups is 2. The number of aliphatic hydroxyl groups is 2. The molecule has 3 unspecified atom stereocenters. The molecule has 3 rings (SSSR count). The Kier molecular flexibility index (Phi) is 10.2. The number of phosphoric acid groups is 3. The first-order valence-electron chi connectivity index (χ1n) is 10.4. The fourth-order valence-electron chi connectivity index (χ4n) is 3.10. The first-order valence-corrected chi connectivity index (χ1v) is 15.7. The summed E-state index contributed by atoms with van der Waals surface area (Å²) in [6.07, 6.45) is -5.78. The second-order valence-electron chi connectivity index (χ2n) is 7.53. The highest BCUT2D eigenvalue weighted by atomic mass is 32.2. The van der Waals surface area contributed by atoms with Crippen molar-refractivity contribution in [1.29, 1.82) is 0 Å². The third kappa shape index (κ3) is 8.42. The lowest BCUT2D eigenvalue weighted by atomic mass is 10.1. The zero-order valence-electron chi connectivity index (χ0n) is 19.8. The van der Waals surface area contributed by atoms with E-state index in [1.807, 2.05) is 0 Å². The molecule has 2 aromatic rings. The minimum absolute atomic E-state index is 0.00828. The number of nitrogens with zero attached hydrogens (tertiary/aromatic N) is 1. The van der Waals surface area contributed by atoms with Crippen molar-refractivity contribution in [1.82, 2.24) is 9.55 Å². The lowest BCUT2D eigenvalue weighted by molar-refractivity contribution is -0.0545. The molecule has 1 fully saturated rings. The molecule has 0 spiro atoms. The second-order valence-corrected chi connectivity index (χ2v) is 13.4. The van der Waals surface area contributed by atoms with Gasteiger partial charge in [-0.1, -0.05) is 11.8 Å². The van der Waals surface area contributed by atoms with Crippen LogP contribution in [0.25, 0.3) is 0 Å². The molecule has 0 saturated carbocycles. The number of hydrogen-bond acceptors (Lipinski definition) is 14. The number of H-pyrrole nitrogens is 1. The zero-order chi connectivity index (χ0) is 29.2. The molecule has 2 heterocycles. The van der Waals surface area contributed by atoms with Crippen LogP contribution in [0.1, 0.15) is 6.23 Å². The van der Waals surface area contributed by atoms with Crippen LogP contribution in [-0.2, 0) is 36.1 Å². The lowest BCUT2D eigenvalue weighted by Crippen LogP contribution is -2.38. The van der Waals surface area contributed by atoms with Crippen molar-refractivity contribution in [2.75, 3.05) is 20.8 Å². The fourth-order valence-corrected chi connectivity index (χ4v) is 7.20. The average Bonchev–Trinajstić information content (AvgIpc) is 3.12. The van der Waals surface area contributed by atoms with Crippen molar-refractivity contribution in [2.45, 2.75) is 34.3 Å². The number of nitrogens with one attached hydrogen (secondary N) is 1. The van der Waals surface area contributed by atoms with Gasteiger partial charge in [-0.25, -0.2) is 18.5 Å². The van der Waals surface area contributed by atoms with Crippen LogP contribution >= 0.6 is 35.2 Å². The van der Waals surface area contributed by atoms with Crippen LogP contribution in [0.3, 0.4) is 0 Å². The average molecular weight is 636 g/mol. The van der Waals surface area contributed by atoms with Crippen molar-refractivity contribution in [3.8, 4) is 5.75 Å². The first kappa shape index (κ1) is 31.9. The summed E-state index contributed by atoms with van der Waals surface area (Å²) < 4.78 is 62.2. The van der Waals surface area contributed by atoms with Crippen molar-refractivity contribution in [3.05, 3.63) is 51.3 Å².